The number of para-hydroxylation sites is 2. The standard InChI is InChI=1S/C16H17N3O2S/c1-2-11-7-3-5-9-13(11)17-16(22)19-18-15(21)12-8-4-6-10-14(12)20/h3-10,20H,2H2,1H3,(H,18,21)(H2,17,19,22). The molecular weight excluding hydrogens is 298 g/mol. The van der Waals surface area contributed by atoms with Crippen molar-refractivity contribution in [2.24, 2.45) is 0 Å². The van der Waals surface area contributed by atoms with Gasteiger partial charge in [0.2, 0.25) is 0 Å². The Hall–Kier alpha value is -2.60. The number of phenols is 1. The SMILES string of the molecule is CCc1ccccc1NC(=S)NNC(=O)c1ccccc1O. The lowest BCUT2D eigenvalue weighted by Crippen LogP contribution is -2.43. The number of hydrazine groups is 1. The zero-order valence-electron chi connectivity index (χ0n) is 12.1. The number of carbonyl (C=O) groups is 1. The van der Waals surface area contributed by atoms with E-state index in [-0.39, 0.29) is 16.4 Å². The van der Waals surface area contributed by atoms with Gasteiger partial charge in [-0.2, -0.15) is 0 Å². The van der Waals surface area contributed by atoms with E-state index in [9.17, 15) is 9.90 Å². The van der Waals surface area contributed by atoms with E-state index in [0.29, 0.717) is 0 Å². The Balaban J connectivity index is 1.93. The van der Waals surface area contributed by atoms with Gasteiger partial charge >= 0.3 is 0 Å². The van der Waals surface area contributed by atoms with Gasteiger partial charge in [0.15, 0.2) is 5.11 Å². The molecule has 1 amide bonds. The van der Waals surface area contributed by atoms with E-state index < -0.39 is 5.91 Å². The number of phenolic OH excluding ortho intramolecular Hbond substituents is 1. The molecule has 0 aliphatic carbocycles. The van der Waals surface area contributed by atoms with E-state index in [1.54, 1.807) is 12.1 Å². The van der Waals surface area contributed by atoms with Crippen molar-refractivity contribution in [3.63, 3.8) is 0 Å². The van der Waals surface area contributed by atoms with Gasteiger partial charge in [-0.05, 0) is 42.4 Å². The van der Waals surface area contributed by atoms with Crippen molar-refractivity contribution in [1.29, 1.82) is 0 Å². The summed E-state index contributed by atoms with van der Waals surface area (Å²) in [6.45, 7) is 2.05. The van der Waals surface area contributed by atoms with Crippen LogP contribution in [0, 0.1) is 0 Å². The van der Waals surface area contributed by atoms with Crippen LogP contribution in [-0.4, -0.2) is 16.1 Å². The number of rotatable bonds is 3. The average Bonchev–Trinajstić information content (AvgIpc) is 2.53. The van der Waals surface area contributed by atoms with Crippen molar-refractivity contribution in [2.75, 3.05) is 5.32 Å². The van der Waals surface area contributed by atoms with E-state index in [2.05, 4.69) is 23.1 Å². The van der Waals surface area contributed by atoms with Crippen LogP contribution in [0.1, 0.15) is 22.8 Å². The van der Waals surface area contributed by atoms with Crippen LogP contribution in [0.25, 0.3) is 0 Å². The van der Waals surface area contributed by atoms with Crippen LogP contribution in [0.5, 0.6) is 5.75 Å². The molecule has 0 bridgehead atoms. The number of hydrogen-bond donors (Lipinski definition) is 4. The number of carbonyl (C=O) groups excluding carboxylic acids is 1. The minimum absolute atomic E-state index is 0.0861. The van der Waals surface area contributed by atoms with Crippen molar-refractivity contribution < 1.29 is 9.90 Å². The fourth-order valence-electron chi connectivity index (χ4n) is 1.95. The highest BCUT2D eigenvalue weighted by Gasteiger charge is 2.10. The highest BCUT2D eigenvalue weighted by atomic mass is 32.1. The van der Waals surface area contributed by atoms with Gasteiger partial charge in [-0.25, -0.2) is 0 Å². The van der Waals surface area contributed by atoms with E-state index >= 15 is 0 Å². The van der Waals surface area contributed by atoms with Crippen LogP contribution in [0.4, 0.5) is 5.69 Å². The van der Waals surface area contributed by atoms with Gasteiger partial charge in [-0.1, -0.05) is 37.3 Å². The summed E-state index contributed by atoms with van der Waals surface area (Å²) in [5.74, 6) is -0.553. The molecule has 4 N–H and O–H groups in total. The highest BCUT2D eigenvalue weighted by Crippen LogP contribution is 2.16. The number of aromatic hydroxyl groups is 1. The first-order chi connectivity index (χ1) is 10.6. The first-order valence-corrected chi connectivity index (χ1v) is 7.26. The smallest absolute Gasteiger partial charge is 0.273 e. The second-order valence-corrected chi connectivity index (χ2v) is 4.97. The molecule has 0 radical (unpaired) electrons. The fraction of sp³-hybridized carbons (Fsp3) is 0.125. The van der Waals surface area contributed by atoms with Gasteiger partial charge in [0.25, 0.3) is 5.91 Å². The second kappa shape index (κ2) is 7.42. The van der Waals surface area contributed by atoms with Gasteiger partial charge < -0.3 is 10.4 Å². The van der Waals surface area contributed by atoms with Crippen LogP contribution in [0.3, 0.4) is 0 Å². The van der Waals surface area contributed by atoms with Gasteiger partial charge in [0.1, 0.15) is 5.75 Å². The third kappa shape index (κ3) is 3.95. The number of hydrogen-bond acceptors (Lipinski definition) is 3. The van der Waals surface area contributed by atoms with Crippen LogP contribution < -0.4 is 16.2 Å². The lowest BCUT2D eigenvalue weighted by atomic mass is 10.1. The largest absolute Gasteiger partial charge is 0.507 e. The maximum absolute atomic E-state index is 11.9. The molecule has 22 heavy (non-hydrogen) atoms. The van der Waals surface area contributed by atoms with Crippen molar-refractivity contribution in [2.45, 2.75) is 13.3 Å². The summed E-state index contributed by atoms with van der Waals surface area (Å²) in [6, 6.07) is 14.1. The number of aryl methyl sites for hydroxylation is 1. The number of benzene rings is 2. The van der Waals surface area contributed by atoms with Crippen LogP contribution in [0.2, 0.25) is 0 Å². The first kappa shape index (κ1) is 15.8. The molecule has 0 aliphatic rings. The second-order valence-electron chi connectivity index (χ2n) is 4.56. The van der Waals surface area contributed by atoms with Crippen molar-refractivity contribution in [3.8, 4) is 5.75 Å². The normalized spacial score (nSPS) is 9.86. The molecule has 2 aromatic carbocycles. The number of amides is 1. The highest BCUT2D eigenvalue weighted by molar-refractivity contribution is 7.80. The fourth-order valence-corrected chi connectivity index (χ4v) is 2.11. The molecule has 6 heteroatoms. The molecule has 0 fully saturated rings. The summed E-state index contributed by atoms with van der Waals surface area (Å²) in [7, 11) is 0. The summed E-state index contributed by atoms with van der Waals surface area (Å²) in [4.78, 5) is 11.9. The average molecular weight is 315 g/mol. The number of thiocarbonyl (C=S) groups is 1. The van der Waals surface area contributed by atoms with Gasteiger partial charge in [0.05, 0.1) is 5.56 Å². The van der Waals surface area contributed by atoms with Crippen LogP contribution >= 0.6 is 12.2 Å². The zero-order valence-corrected chi connectivity index (χ0v) is 12.9. The predicted octanol–water partition coefficient (Wildman–Crippen LogP) is 2.59. The van der Waals surface area contributed by atoms with Gasteiger partial charge in [-0.3, -0.25) is 15.6 Å². The quantitative estimate of drug-likeness (QED) is 0.517. The lowest BCUT2D eigenvalue weighted by molar-refractivity contribution is 0.0941. The molecule has 0 aliphatic heterocycles. The van der Waals surface area contributed by atoms with Crippen LogP contribution in [-0.2, 0) is 6.42 Å². The summed E-state index contributed by atoms with van der Waals surface area (Å²) in [5, 5.41) is 12.9. The Morgan fingerprint density at radius 2 is 1.77 bits per heavy atom. The zero-order chi connectivity index (χ0) is 15.9. The first-order valence-electron chi connectivity index (χ1n) is 6.85. The molecule has 0 saturated carbocycles. The maximum atomic E-state index is 11.9. The Morgan fingerprint density at radius 3 is 2.50 bits per heavy atom. The maximum Gasteiger partial charge on any atom is 0.273 e. The molecule has 0 saturated heterocycles. The van der Waals surface area contributed by atoms with E-state index in [4.69, 9.17) is 12.2 Å². The minimum atomic E-state index is -0.467. The van der Waals surface area contributed by atoms with Crippen molar-refractivity contribution in [1.82, 2.24) is 10.9 Å². The Labute approximate surface area is 134 Å². The summed E-state index contributed by atoms with van der Waals surface area (Å²) in [5.41, 5.74) is 7.25. The molecule has 2 rings (SSSR count). The third-order valence-corrected chi connectivity index (χ3v) is 3.29. The Bertz CT molecular complexity index is 689. The third-order valence-electron chi connectivity index (χ3n) is 3.08. The molecule has 0 atom stereocenters. The molecule has 0 unspecified atom stereocenters. The molecular formula is C16H17N3O2S. The predicted molar refractivity (Wildman–Crippen MR) is 90.7 cm³/mol. The Morgan fingerprint density at radius 1 is 1.09 bits per heavy atom. The van der Waals surface area contributed by atoms with Crippen molar-refractivity contribution >= 4 is 28.9 Å². The van der Waals surface area contributed by atoms with E-state index in [0.717, 1.165) is 17.7 Å². The summed E-state index contributed by atoms with van der Waals surface area (Å²) >= 11 is 5.15. The molecule has 2 aromatic rings. The molecule has 0 aromatic heterocycles. The van der Waals surface area contributed by atoms with E-state index in [1.807, 2.05) is 24.3 Å². The van der Waals surface area contributed by atoms with Gasteiger partial charge in [0, 0.05) is 5.69 Å². The number of anilines is 1. The van der Waals surface area contributed by atoms with Gasteiger partial charge in [-0.15, -0.1) is 0 Å². The number of nitrogens with one attached hydrogen (secondary N) is 3. The molecule has 5 nitrogen and oxygen atoms in total. The van der Waals surface area contributed by atoms with Crippen molar-refractivity contribution in [3.05, 3.63) is 59.7 Å². The summed E-state index contributed by atoms with van der Waals surface area (Å²) in [6.07, 6.45) is 0.871. The minimum Gasteiger partial charge on any atom is -0.507 e. The topological polar surface area (TPSA) is 73.4 Å². The lowest BCUT2D eigenvalue weighted by Gasteiger charge is -2.14. The van der Waals surface area contributed by atoms with Crippen LogP contribution in [0.15, 0.2) is 48.5 Å². The van der Waals surface area contributed by atoms with E-state index in [1.165, 1.54) is 12.1 Å². The molecule has 0 spiro atoms. The monoisotopic (exact) mass is 315 g/mol. The molecule has 114 valence electrons. The molecule has 0 heterocycles. The summed E-state index contributed by atoms with van der Waals surface area (Å²) < 4.78 is 0. The Kier molecular flexibility index (Phi) is 5.32.